The van der Waals surface area contributed by atoms with Gasteiger partial charge in [0.25, 0.3) is 0 Å². The highest BCUT2D eigenvalue weighted by Gasteiger charge is 2.51. The van der Waals surface area contributed by atoms with Crippen LogP contribution in [0.1, 0.15) is 50.5 Å². The molecule has 21 heavy (non-hydrogen) atoms. The van der Waals surface area contributed by atoms with Crippen LogP contribution in [0.25, 0.3) is 0 Å². The molecule has 1 aromatic rings. The van der Waals surface area contributed by atoms with Gasteiger partial charge in [-0.1, -0.05) is 0 Å². The highest BCUT2D eigenvalue weighted by atomic mass is 32.1. The van der Waals surface area contributed by atoms with Crippen LogP contribution in [0.5, 0.6) is 0 Å². The van der Waals surface area contributed by atoms with Gasteiger partial charge in [-0.15, -0.1) is 0 Å². The first kappa shape index (κ1) is 13.5. The molecular weight excluding hydrogens is 280 g/mol. The molecule has 0 unspecified atom stereocenters. The van der Waals surface area contributed by atoms with Crippen LogP contribution in [-0.2, 0) is 4.79 Å². The summed E-state index contributed by atoms with van der Waals surface area (Å²) in [6.07, 6.45) is 10.5. The fourth-order valence-corrected chi connectivity index (χ4v) is 6.02. The topological polar surface area (TPSA) is 41.5 Å². The lowest BCUT2D eigenvalue weighted by Crippen LogP contribution is -2.47. The van der Waals surface area contributed by atoms with Gasteiger partial charge in [0.15, 0.2) is 0 Å². The Labute approximate surface area is 129 Å². The summed E-state index contributed by atoms with van der Waals surface area (Å²) in [6, 6.07) is 2.00. The van der Waals surface area contributed by atoms with E-state index < -0.39 is 0 Å². The SMILES string of the molecule is O=C(CC12CC3CC(CC(C3)C1)C2)N/N=C\c1ccsc1. The Hall–Kier alpha value is -1.16. The van der Waals surface area contributed by atoms with Gasteiger partial charge in [-0.05, 0) is 78.5 Å². The average Bonchev–Trinajstić information content (AvgIpc) is 2.89. The van der Waals surface area contributed by atoms with Gasteiger partial charge in [0, 0.05) is 12.0 Å². The van der Waals surface area contributed by atoms with Gasteiger partial charge in [0.2, 0.25) is 5.91 Å². The van der Waals surface area contributed by atoms with E-state index in [2.05, 4.69) is 10.5 Å². The van der Waals surface area contributed by atoms with Crippen molar-refractivity contribution in [3.63, 3.8) is 0 Å². The molecular formula is C17H22N2OS. The lowest BCUT2D eigenvalue weighted by molar-refractivity contribution is -0.129. The molecule has 4 bridgehead atoms. The zero-order chi connectivity index (χ0) is 14.3. The maximum absolute atomic E-state index is 12.2. The van der Waals surface area contributed by atoms with Gasteiger partial charge in [-0.3, -0.25) is 4.79 Å². The van der Waals surface area contributed by atoms with Crippen LogP contribution in [0, 0.1) is 23.2 Å². The Morgan fingerprint density at radius 3 is 2.52 bits per heavy atom. The minimum absolute atomic E-state index is 0.100. The van der Waals surface area contributed by atoms with Crippen molar-refractivity contribution in [2.24, 2.45) is 28.3 Å². The van der Waals surface area contributed by atoms with E-state index in [9.17, 15) is 4.79 Å². The van der Waals surface area contributed by atoms with Crippen LogP contribution in [-0.4, -0.2) is 12.1 Å². The van der Waals surface area contributed by atoms with Crippen molar-refractivity contribution in [2.75, 3.05) is 0 Å². The first-order chi connectivity index (χ1) is 10.2. The number of hydrogen-bond acceptors (Lipinski definition) is 3. The largest absolute Gasteiger partial charge is 0.273 e. The molecule has 4 saturated carbocycles. The maximum atomic E-state index is 12.2. The summed E-state index contributed by atoms with van der Waals surface area (Å²) >= 11 is 1.64. The van der Waals surface area contributed by atoms with E-state index in [1.807, 2.05) is 16.8 Å². The Bertz CT molecular complexity index is 514. The fraction of sp³-hybridized carbons (Fsp3) is 0.647. The van der Waals surface area contributed by atoms with Crippen molar-refractivity contribution in [3.05, 3.63) is 22.4 Å². The summed E-state index contributed by atoms with van der Waals surface area (Å²) < 4.78 is 0. The third-order valence-corrected chi connectivity index (χ3v) is 6.35. The molecule has 0 radical (unpaired) electrons. The van der Waals surface area contributed by atoms with E-state index in [1.54, 1.807) is 17.6 Å². The molecule has 1 N–H and O–H groups in total. The second-order valence-electron chi connectivity index (χ2n) is 7.44. The zero-order valence-corrected chi connectivity index (χ0v) is 13.1. The Balaban J connectivity index is 1.36. The number of nitrogens with one attached hydrogen (secondary N) is 1. The summed E-state index contributed by atoms with van der Waals surface area (Å²) in [6.45, 7) is 0. The molecule has 0 atom stereocenters. The number of hydrazone groups is 1. The second-order valence-corrected chi connectivity index (χ2v) is 8.22. The van der Waals surface area contributed by atoms with Crippen molar-refractivity contribution in [1.29, 1.82) is 0 Å². The van der Waals surface area contributed by atoms with Crippen molar-refractivity contribution in [2.45, 2.75) is 44.9 Å². The molecule has 0 aliphatic heterocycles. The van der Waals surface area contributed by atoms with E-state index >= 15 is 0 Å². The minimum Gasteiger partial charge on any atom is -0.273 e. The molecule has 4 heteroatoms. The molecule has 3 nitrogen and oxygen atoms in total. The Morgan fingerprint density at radius 1 is 1.29 bits per heavy atom. The molecule has 4 aliphatic carbocycles. The van der Waals surface area contributed by atoms with E-state index in [0.717, 1.165) is 23.3 Å². The molecule has 112 valence electrons. The molecule has 1 amide bonds. The lowest BCUT2D eigenvalue weighted by atomic mass is 9.49. The predicted octanol–water partition coefficient (Wildman–Crippen LogP) is 3.80. The van der Waals surface area contributed by atoms with Gasteiger partial charge in [0.1, 0.15) is 0 Å². The standard InChI is InChI=1S/C17H22N2OS/c20-16(19-18-10-12-1-2-21-11-12)9-17-6-13-3-14(7-17)5-15(4-13)8-17/h1-2,10-11,13-15H,3-9H2,(H,19,20)/b18-10-. The number of carbonyl (C=O) groups is 1. The van der Waals surface area contributed by atoms with Gasteiger partial charge >= 0.3 is 0 Å². The summed E-state index contributed by atoms with van der Waals surface area (Å²) in [7, 11) is 0. The molecule has 0 aromatic carbocycles. The van der Waals surface area contributed by atoms with Gasteiger partial charge in [0.05, 0.1) is 6.21 Å². The molecule has 4 aliphatic rings. The third-order valence-electron chi connectivity index (χ3n) is 5.65. The Kier molecular flexibility index (Phi) is 3.37. The number of amides is 1. The summed E-state index contributed by atoms with van der Waals surface area (Å²) in [5.41, 5.74) is 4.08. The quantitative estimate of drug-likeness (QED) is 0.667. The molecule has 1 aromatic heterocycles. The minimum atomic E-state index is 0.100. The van der Waals surface area contributed by atoms with Crippen LogP contribution >= 0.6 is 11.3 Å². The van der Waals surface area contributed by atoms with Crippen LogP contribution < -0.4 is 5.43 Å². The number of rotatable bonds is 4. The van der Waals surface area contributed by atoms with E-state index in [0.29, 0.717) is 11.8 Å². The van der Waals surface area contributed by atoms with E-state index in [-0.39, 0.29) is 5.91 Å². The monoisotopic (exact) mass is 302 g/mol. The third kappa shape index (κ3) is 2.78. The van der Waals surface area contributed by atoms with Gasteiger partial charge < -0.3 is 0 Å². The van der Waals surface area contributed by atoms with Crippen molar-refractivity contribution < 1.29 is 4.79 Å². The lowest BCUT2D eigenvalue weighted by Gasteiger charge is -2.56. The highest BCUT2D eigenvalue weighted by Crippen LogP contribution is 2.61. The average molecular weight is 302 g/mol. The molecule has 4 fully saturated rings. The summed E-state index contributed by atoms with van der Waals surface area (Å²) in [4.78, 5) is 12.2. The van der Waals surface area contributed by atoms with Gasteiger partial charge in [-0.2, -0.15) is 16.4 Å². The van der Waals surface area contributed by atoms with Crippen LogP contribution in [0.15, 0.2) is 21.9 Å². The Morgan fingerprint density at radius 2 is 1.95 bits per heavy atom. The van der Waals surface area contributed by atoms with Gasteiger partial charge in [-0.25, -0.2) is 5.43 Å². The maximum Gasteiger partial charge on any atom is 0.240 e. The number of nitrogens with zero attached hydrogens (tertiary/aromatic N) is 1. The van der Waals surface area contributed by atoms with Crippen molar-refractivity contribution >= 4 is 23.5 Å². The smallest absolute Gasteiger partial charge is 0.240 e. The fourth-order valence-electron chi connectivity index (χ4n) is 5.41. The molecule has 0 spiro atoms. The normalized spacial score (nSPS) is 37.2. The number of thiophene rings is 1. The number of carbonyl (C=O) groups excluding carboxylic acids is 1. The number of hydrogen-bond donors (Lipinski definition) is 1. The van der Waals surface area contributed by atoms with Crippen molar-refractivity contribution in [1.82, 2.24) is 5.43 Å². The predicted molar refractivity (Wildman–Crippen MR) is 85.3 cm³/mol. The zero-order valence-electron chi connectivity index (χ0n) is 12.3. The van der Waals surface area contributed by atoms with Crippen LogP contribution in [0.3, 0.4) is 0 Å². The molecule has 0 saturated heterocycles. The first-order valence-electron chi connectivity index (χ1n) is 8.05. The van der Waals surface area contributed by atoms with Crippen LogP contribution in [0.4, 0.5) is 0 Å². The van der Waals surface area contributed by atoms with E-state index in [1.165, 1.54) is 38.5 Å². The van der Waals surface area contributed by atoms with E-state index in [4.69, 9.17) is 0 Å². The molecule has 1 heterocycles. The first-order valence-corrected chi connectivity index (χ1v) is 8.99. The summed E-state index contributed by atoms with van der Waals surface area (Å²) in [5.74, 6) is 2.80. The highest BCUT2D eigenvalue weighted by molar-refractivity contribution is 7.08. The van der Waals surface area contributed by atoms with Crippen LogP contribution in [0.2, 0.25) is 0 Å². The van der Waals surface area contributed by atoms with Crippen molar-refractivity contribution in [3.8, 4) is 0 Å². The second kappa shape index (κ2) is 5.24. The summed E-state index contributed by atoms with van der Waals surface area (Å²) in [5, 5.41) is 8.13. The molecule has 5 rings (SSSR count).